The average molecular weight is 532 g/mol. The van der Waals surface area contributed by atoms with Gasteiger partial charge in [-0.05, 0) is 35.3 Å². The SMILES string of the molecule is CN1C(=O)C2C(=NC(CN3CCN(c4cccc(Cl)c4)CC3)=[N+]2Cc2c(F)cccc2Cl)N(C)C1=O. The van der Waals surface area contributed by atoms with Crippen LogP contribution in [0, 0.1) is 5.82 Å². The van der Waals surface area contributed by atoms with Crippen LogP contribution in [0.2, 0.25) is 10.0 Å². The molecule has 0 aliphatic carbocycles. The number of amidine groups is 2. The number of aliphatic imine (C=N–C) groups is 1. The van der Waals surface area contributed by atoms with Crippen molar-refractivity contribution in [3.05, 3.63) is 63.9 Å². The van der Waals surface area contributed by atoms with Gasteiger partial charge in [0.1, 0.15) is 18.9 Å². The van der Waals surface area contributed by atoms with Gasteiger partial charge in [0.15, 0.2) is 0 Å². The van der Waals surface area contributed by atoms with E-state index in [2.05, 4.69) is 9.80 Å². The van der Waals surface area contributed by atoms with E-state index in [4.69, 9.17) is 28.2 Å². The fourth-order valence-electron chi connectivity index (χ4n) is 4.85. The number of fused-ring (bicyclic) bond motifs is 1. The minimum atomic E-state index is -0.823. The van der Waals surface area contributed by atoms with E-state index in [0.29, 0.717) is 23.2 Å². The van der Waals surface area contributed by atoms with E-state index in [0.717, 1.165) is 36.8 Å². The molecule has 3 aliphatic heterocycles. The van der Waals surface area contributed by atoms with Gasteiger partial charge in [0.2, 0.25) is 0 Å². The first kappa shape index (κ1) is 24.7. The van der Waals surface area contributed by atoms with Crippen molar-refractivity contribution < 1.29 is 18.6 Å². The molecule has 3 aliphatic rings. The Morgan fingerprint density at radius 1 is 1.03 bits per heavy atom. The number of benzene rings is 2. The lowest BCUT2D eigenvalue weighted by Gasteiger charge is -2.35. The zero-order valence-corrected chi connectivity index (χ0v) is 21.5. The van der Waals surface area contributed by atoms with Gasteiger partial charge in [-0.2, -0.15) is 0 Å². The summed E-state index contributed by atoms with van der Waals surface area (Å²) < 4.78 is 16.5. The van der Waals surface area contributed by atoms with Crippen molar-refractivity contribution in [2.45, 2.75) is 12.6 Å². The summed E-state index contributed by atoms with van der Waals surface area (Å²) in [5, 5.41) is 0.976. The number of piperazine rings is 1. The lowest BCUT2D eigenvalue weighted by Crippen LogP contribution is -2.61. The summed E-state index contributed by atoms with van der Waals surface area (Å²) in [4.78, 5) is 37.4. The first-order valence-corrected chi connectivity index (χ1v) is 12.4. The van der Waals surface area contributed by atoms with Crippen molar-refractivity contribution in [1.29, 1.82) is 0 Å². The number of imide groups is 1. The Balaban J connectivity index is 1.42. The van der Waals surface area contributed by atoms with Gasteiger partial charge in [0.05, 0.1) is 5.02 Å². The van der Waals surface area contributed by atoms with Crippen LogP contribution in [0.25, 0.3) is 0 Å². The number of halogens is 3. The Bertz CT molecular complexity index is 1270. The van der Waals surface area contributed by atoms with Gasteiger partial charge in [-0.3, -0.25) is 19.5 Å². The molecule has 2 fully saturated rings. The molecule has 11 heteroatoms. The molecular weight excluding hydrogens is 506 g/mol. The second kappa shape index (κ2) is 9.80. The molecule has 0 aromatic heterocycles. The number of hydrogen-bond donors (Lipinski definition) is 0. The summed E-state index contributed by atoms with van der Waals surface area (Å²) in [5.74, 6) is 0.105. The average Bonchev–Trinajstić information content (AvgIpc) is 3.22. The fourth-order valence-corrected chi connectivity index (χ4v) is 5.26. The number of hydrogen-bond acceptors (Lipinski definition) is 5. The predicted molar refractivity (Wildman–Crippen MR) is 138 cm³/mol. The van der Waals surface area contributed by atoms with Crippen LogP contribution >= 0.6 is 23.2 Å². The van der Waals surface area contributed by atoms with Crippen LogP contribution in [0.3, 0.4) is 0 Å². The highest BCUT2D eigenvalue weighted by Crippen LogP contribution is 2.26. The standard InChI is InChI=1S/C25H26Cl2FN6O2/c1-30-23-22(24(35)31(2)25(30)36)34(14-18-19(27)7-4-8-20(18)28)21(29-23)15-32-9-11-33(12-10-32)17-6-3-5-16(26)13-17/h3-8,13,22H,9-12,14-15H2,1-2H3/q+1. The molecular formula is C25H26Cl2FN6O2+. The van der Waals surface area contributed by atoms with Gasteiger partial charge in [-0.25, -0.2) is 13.8 Å². The zero-order valence-electron chi connectivity index (χ0n) is 20.0. The van der Waals surface area contributed by atoms with Crippen LogP contribution < -0.4 is 4.90 Å². The number of carbonyl (C=O) groups excluding carboxylic acids is 2. The summed E-state index contributed by atoms with van der Waals surface area (Å²) in [6, 6.07) is 11.0. The van der Waals surface area contributed by atoms with Crippen molar-refractivity contribution in [3.63, 3.8) is 0 Å². The first-order chi connectivity index (χ1) is 17.2. The van der Waals surface area contributed by atoms with Crippen molar-refractivity contribution in [3.8, 4) is 0 Å². The summed E-state index contributed by atoms with van der Waals surface area (Å²) in [7, 11) is 3.04. The lowest BCUT2D eigenvalue weighted by atomic mass is 10.1. The minimum Gasteiger partial charge on any atom is -0.369 e. The molecule has 0 spiro atoms. The van der Waals surface area contributed by atoms with Gasteiger partial charge in [0.25, 0.3) is 17.8 Å². The van der Waals surface area contributed by atoms with E-state index < -0.39 is 23.8 Å². The van der Waals surface area contributed by atoms with Crippen molar-refractivity contribution >= 4 is 52.5 Å². The number of amides is 3. The summed E-state index contributed by atoms with van der Waals surface area (Å²) in [5.41, 5.74) is 1.36. The summed E-state index contributed by atoms with van der Waals surface area (Å²) >= 11 is 12.5. The van der Waals surface area contributed by atoms with Crippen LogP contribution in [0.5, 0.6) is 0 Å². The third-order valence-electron chi connectivity index (χ3n) is 6.91. The molecule has 36 heavy (non-hydrogen) atoms. The van der Waals surface area contributed by atoms with Crippen LogP contribution in [-0.4, -0.2) is 95.7 Å². The molecule has 188 valence electrons. The molecule has 2 aromatic carbocycles. The maximum Gasteiger partial charge on any atom is 0.333 e. The van der Waals surface area contributed by atoms with Gasteiger partial charge >= 0.3 is 11.9 Å². The highest BCUT2D eigenvalue weighted by molar-refractivity contribution is 6.31. The Morgan fingerprint density at radius 2 is 1.75 bits per heavy atom. The topological polar surface area (TPSA) is 62.5 Å². The number of likely N-dealkylation sites (N-methyl/N-ethyl adjacent to an activating group) is 2. The Morgan fingerprint density at radius 3 is 2.44 bits per heavy atom. The molecule has 3 amide bonds. The number of urea groups is 1. The highest BCUT2D eigenvalue weighted by Gasteiger charge is 2.53. The number of carbonyl (C=O) groups is 2. The molecule has 3 heterocycles. The Hall–Kier alpha value is -3.01. The smallest absolute Gasteiger partial charge is 0.333 e. The molecule has 0 N–H and O–H groups in total. The van der Waals surface area contributed by atoms with E-state index in [9.17, 15) is 14.0 Å². The molecule has 8 nitrogen and oxygen atoms in total. The molecule has 0 radical (unpaired) electrons. The lowest BCUT2D eigenvalue weighted by molar-refractivity contribution is -0.552. The Labute approximate surface area is 218 Å². The highest BCUT2D eigenvalue weighted by atomic mass is 35.5. The molecule has 1 unspecified atom stereocenters. The predicted octanol–water partition coefficient (Wildman–Crippen LogP) is 3.17. The number of rotatable bonds is 5. The van der Waals surface area contributed by atoms with E-state index in [1.54, 1.807) is 23.8 Å². The van der Waals surface area contributed by atoms with E-state index in [-0.39, 0.29) is 17.1 Å². The molecule has 2 aromatic rings. The molecule has 1 atom stereocenters. The van der Waals surface area contributed by atoms with Gasteiger partial charge < -0.3 is 4.90 Å². The molecule has 0 saturated carbocycles. The van der Waals surface area contributed by atoms with Gasteiger partial charge in [-0.15, -0.1) is 0 Å². The van der Waals surface area contributed by atoms with Gasteiger partial charge in [-0.1, -0.05) is 35.3 Å². The second-order valence-corrected chi connectivity index (χ2v) is 9.94. The maximum absolute atomic E-state index is 14.7. The maximum atomic E-state index is 14.7. The van der Waals surface area contributed by atoms with E-state index in [1.165, 1.54) is 18.0 Å². The summed E-state index contributed by atoms with van der Waals surface area (Å²) in [6.45, 7) is 3.64. The monoisotopic (exact) mass is 531 g/mol. The third kappa shape index (κ3) is 4.47. The molecule has 2 saturated heterocycles. The minimum absolute atomic E-state index is 0.0581. The normalized spacial score (nSPS) is 20.9. The van der Waals surface area contributed by atoms with Crippen LogP contribution in [0.4, 0.5) is 14.9 Å². The first-order valence-electron chi connectivity index (χ1n) is 11.7. The number of nitrogens with zero attached hydrogens (tertiary/aromatic N) is 6. The largest absolute Gasteiger partial charge is 0.369 e. The van der Waals surface area contributed by atoms with E-state index in [1.807, 2.05) is 24.3 Å². The zero-order chi connectivity index (χ0) is 25.6. The van der Waals surface area contributed by atoms with Crippen LogP contribution in [0.15, 0.2) is 47.5 Å². The van der Waals surface area contributed by atoms with E-state index >= 15 is 0 Å². The quantitative estimate of drug-likeness (QED) is 0.556. The van der Waals surface area contributed by atoms with Gasteiger partial charge in [0, 0.05) is 56.5 Å². The van der Waals surface area contributed by atoms with Crippen LogP contribution in [0.1, 0.15) is 5.56 Å². The van der Waals surface area contributed by atoms with Crippen molar-refractivity contribution in [2.24, 2.45) is 4.99 Å². The van der Waals surface area contributed by atoms with Crippen LogP contribution in [-0.2, 0) is 11.3 Å². The molecule has 5 rings (SSSR count). The number of anilines is 1. The Kier molecular flexibility index (Phi) is 6.72. The van der Waals surface area contributed by atoms with Crippen molar-refractivity contribution in [2.75, 3.05) is 51.7 Å². The molecule has 0 bridgehead atoms. The summed E-state index contributed by atoms with van der Waals surface area (Å²) in [6.07, 6.45) is 0. The fraction of sp³-hybridized carbons (Fsp3) is 0.360. The van der Waals surface area contributed by atoms with Crippen molar-refractivity contribution in [1.82, 2.24) is 14.7 Å². The third-order valence-corrected chi connectivity index (χ3v) is 7.50. The second-order valence-electron chi connectivity index (χ2n) is 9.10.